The number of carbonyl (C=O) groups excluding carboxylic acids is 2. The summed E-state index contributed by atoms with van der Waals surface area (Å²) < 4.78 is 0. The number of amides is 2. The Morgan fingerprint density at radius 3 is 2.47 bits per heavy atom. The number of hydrogen-bond acceptors (Lipinski definition) is 8. The van der Waals surface area contributed by atoms with Crippen LogP contribution in [0.3, 0.4) is 0 Å². The number of nitrogens with zero attached hydrogens (tertiary/aromatic N) is 2. The highest BCUT2D eigenvalue weighted by molar-refractivity contribution is 8.15. The molecule has 2 aromatic carbocycles. The van der Waals surface area contributed by atoms with E-state index in [1.165, 1.54) is 0 Å². The van der Waals surface area contributed by atoms with E-state index in [4.69, 9.17) is 0 Å². The number of aromatic amines is 2. The second kappa shape index (κ2) is 11.0. The zero-order valence-electron chi connectivity index (χ0n) is 21.3. The molecule has 0 aliphatic carbocycles. The van der Waals surface area contributed by atoms with Gasteiger partial charge in [-0.15, -0.1) is 0 Å². The van der Waals surface area contributed by atoms with Gasteiger partial charge in [-0.3, -0.25) is 24.4 Å². The first-order valence-corrected chi connectivity index (χ1v) is 12.6. The van der Waals surface area contributed by atoms with Crippen LogP contribution in [0.4, 0.5) is 11.4 Å². The fourth-order valence-corrected chi connectivity index (χ4v) is 4.95. The maximum atomic E-state index is 12.7. The fourth-order valence-electron chi connectivity index (χ4n) is 3.96. The average molecular weight is 537 g/mol. The lowest BCUT2D eigenvalue weighted by molar-refractivity contribution is -0.122. The van der Waals surface area contributed by atoms with Crippen LogP contribution in [-0.4, -0.2) is 51.4 Å². The Bertz CT molecular complexity index is 1530. The van der Waals surface area contributed by atoms with Gasteiger partial charge in [0.15, 0.2) is 5.17 Å². The molecule has 0 spiro atoms. The minimum atomic E-state index is -1.04. The zero-order valence-corrected chi connectivity index (χ0v) is 22.1. The van der Waals surface area contributed by atoms with E-state index in [0.717, 1.165) is 28.6 Å². The first-order chi connectivity index (χ1) is 18.0. The van der Waals surface area contributed by atoms with Crippen LogP contribution in [0.2, 0.25) is 0 Å². The first-order valence-electron chi connectivity index (χ1n) is 11.8. The van der Waals surface area contributed by atoms with E-state index in [1.54, 1.807) is 12.1 Å². The van der Waals surface area contributed by atoms with Gasteiger partial charge in [0.05, 0.1) is 0 Å². The van der Waals surface area contributed by atoms with Gasteiger partial charge in [-0.1, -0.05) is 36.0 Å². The molecule has 0 saturated carbocycles. The highest BCUT2D eigenvalue weighted by atomic mass is 32.2. The lowest BCUT2D eigenvalue weighted by Crippen LogP contribution is -2.29. The standard InChI is InChI=1S/C26H28N6O5S/c1-13-5-6-14(2)17(11-13)27-19(33)12-18-22(34)31-26(38-18)28-21(15-7-9-16(10-8-15)32(3)4)20-23(35)29-25(37)30-24(20)36/h5-11,18,21H,12H2,1-4H3,(H,27,33)(H,28,31,34)(H3,29,30,35,36,37)/t18-,21+/m0/s1. The molecule has 1 saturated heterocycles. The van der Waals surface area contributed by atoms with Crippen molar-refractivity contribution in [3.63, 3.8) is 0 Å². The smallest absolute Gasteiger partial charge is 0.328 e. The summed E-state index contributed by atoms with van der Waals surface area (Å²) in [6.45, 7) is 3.81. The van der Waals surface area contributed by atoms with Crippen molar-refractivity contribution in [1.82, 2.24) is 15.3 Å². The topological polar surface area (TPSA) is 160 Å². The molecule has 2 amide bonds. The molecule has 0 radical (unpaired) electrons. The first kappa shape index (κ1) is 26.7. The maximum absolute atomic E-state index is 12.7. The summed E-state index contributed by atoms with van der Waals surface area (Å²) in [5, 5.41) is 15.4. The Balaban J connectivity index is 1.61. The molecule has 38 heavy (non-hydrogen) atoms. The van der Waals surface area contributed by atoms with E-state index in [9.17, 15) is 24.3 Å². The molecule has 2 heterocycles. The van der Waals surface area contributed by atoms with Gasteiger partial charge >= 0.3 is 5.69 Å². The third-order valence-electron chi connectivity index (χ3n) is 6.02. The predicted molar refractivity (Wildman–Crippen MR) is 148 cm³/mol. The second-order valence-electron chi connectivity index (χ2n) is 9.16. The molecule has 2 atom stereocenters. The van der Waals surface area contributed by atoms with E-state index >= 15 is 0 Å². The molecule has 1 aliphatic rings. The summed E-state index contributed by atoms with van der Waals surface area (Å²) in [6.07, 6.45) is -0.0877. The third kappa shape index (κ3) is 5.97. The van der Waals surface area contributed by atoms with Crippen LogP contribution in [0.5, 0.6) is 5.88 Å². The molecule has 12 heteroatoms. The molecule has 0 unspecified atom stereocenters. The minimum absolute atomic E-state index is 0.0877. The van der Waals surface area contributed by atoms with Crippen LogP contribution in [0.1, 0.15) is 34.7 Å². The minimum Gasteiger partial charge on any atom is -0.494 e. The fraction of sp³-hybridized carbons (Fsp3) is 0.269. The number of aryl methyl sites for hydroxylation is 2. The van der Waals surface area contributed by atoms with Crippen LogP contribution in [-0.2, 0) is 9.59 Å². The van der Waals surface area contributed by atoms with Gasteiger partial charge in [-0.2, -0.15) is 0 Å². The second-order valence-corrected chi connectivity index (χ2v) is 10.4. The Morgan fingerprint density at radius 2 is 1.82 bits per heavy atom. The Kier molecular flexibility index (Phi) is 7.72. The number of carbonyl (C=O) groups is 2. The summed E-state index contributed by atoms with van der Waals surface area (Å²) in [6, 6.07) is 11.8. The van der Waals surface area contributed by atoms with Gasteiger partial charge in [-0.05, 0) is 48.7 Å². The van der Waals surface area contributed by atoms with Gasteiger partial charge in [0.25, 0.3) is 5.56 Å². The van der Waals surface area contributed by atoms with Crippen molar-refractivity contribution in [3.8, 4) is 5.88 Å². The molecule has 4 rings (SSSR count). The number of rotatable bonds is 7. The van der Waals surface area contributed by atoms with Crippen molar-refractivity contribution in [2.24, 2.45) is 4.99 Å². The summed E-state index contributed by atoms with van der Waals surface area (Å²) >= 11 is 1.06. The molecule has 1 fully saturated rings. The SMILES string of the molecule is Cc1ccc(C)c(NC(=O)C[C@@H]2SC(=N[C@H](c3ccc(N(C)C)cc3)c3c(O)[nH]c(=O)[nH]c3=O)NC2=O)c1. The number of anilines is 2. The van der Waals surface area contributed by atoms with Crippen LogP contribution >= 0.6 is 11.8 Å². The van der Waals surface area contributed by atoms with Crippen molar-refractivity contribution < 1.29 is 14.7 Å². The summed E-state index contributed by atoms with van der Waals surface area (Å²) in [5.41, 5.74) is 2.18. The number of aliphatic imine (C=N–C) groups is 1. The van der Waals surface area contributed by atoms with Gasteiger partial charge in [0.1, 0.15) is 16.9 Å². The number of amidine groups is 1. The van der Waals surface area contributed by atoms with Crippen molar-refractivity contribution in [2.45, 2.75) is 31.6 Å². The number of benzene rings is 2. The molecule has 11 nitrogen and oxygen atoms in total. The number of H-pyrrole nitrogens is 2. The van der Waals surface area contributed by atoms with Crippen LogP contribution < -0.4 is 26.8 Å². The molecule has 1 aliphatic heterocycles. The number of aromatic hydroxyl groups is 1. The van der Waals surface area contributed by atoms with Gasteiger partial charge in [0, 0.05) is 31.9 Å². The van der Waals surface area contributed by atoms with Crippen LogP contribution in [0.25, 0.3) is 0 Å². The van der Waals surface area contributed by atoms with E-state index in [2.05, 4.69) is 25.6 Å². The van der Waals surface area contributed by atoms with Gasteiger partial charge in [0.2, 0.25) is 17.7 Å². The van der Waals surface area contributed by atoms with E-state index < -0.39 is 34.3 Å². The van der Waals surface area contributed by atoms with Crippen molar-refractivity contribution in [2.75, 3.05) is 24.3 Å². The van der Waals surface area contributed by atoms with Gasteiger partial charge < -0.3 is 20.6 Å². The molecular formula is C26H28N6O5S. The predicted octanol–water partition coefficient (Wildman–Crippen LogP) is 2.16. The quantitative estimate of drug-likeness (QED) is 0.309. The number of aromatic nitrogens is 2. The van der Waals surface area contributed by atoms with Crippen molar-refractivity contribution in [1.29, 1.82) is 0 Å². The summed E-state index contributed by atoms with van der Waals surface area (Å²) in [7, 11) is 3.76. The number of nitrogens with one attached hydrogen (secondary N) is 4. The molecule has 0 bridgehead atoms. The van der Waals surface area contributed by atoms with E-state index in [0.29, 0.717) is 11.3 Å². The number of hydrogen-bond donors (Lipinski definition) is 5. The molecular weight excluding hydrogens is 508 g/mol. The molecule has 5 N–H and O–H groups in total. The Morgan fingerprint density at radius 1 is 1.11 bits per heavy atom. The third-order valence-corrected chi connectivity index (χ3v) is 7.11. The number of thioether (sulfide) groups is 1. The normalized spacial score (nSPS) is 16.8. The van der Waals surface area contributed by atoms with E-state index in [1.807, 2.05) is 63.2 Å². The zero-order chi connectivity index (χ0) is 27.6. The molecule has 198 valence electrons. The van der Waals surface area contributed by atoms with E-state index in [-0.39, 0.29) is 23.1 Å². The van der Waals surface area contributed by atoms with Crippen LogP contribution in [0, 0.1) is 13.8 Å². The van der Waals surface area contributed by atoms with Crippen molar-refractivity contribution in [3.05, 3.63) is 85.6 Å². The summed E-state index contributed by atoms with van der Waals surface area (Å²) in [5.74, 6) is -1.34. The largest absolute Gasteiger partial charge is 0.494 e. The highest BCUT2D eigenvalue weighted by Gasteiger charge is 2.34. The monoisotopic (exact) mass is 536 g/mol. The molecule has 3 aromatic rings. The Hall–Kier alpha value is -4.32. The molecule has 1 aromatic heterocycles. The summed E-state index contributed by atoms with van der Waals surface area (Å²) in [4.78, 5) is 60.4. The highest BCUT2D eigenvalue weighted by Crippen LogP contribution is 2.32. The van der Waals surface area contributed by atoms with Crippen molar-refractivity contribution >= 4 is 40.1 Å². The lowest BCUT2D eigenvalue weighted by Gasteiger charge is -2.17. The Labute approximate surface area is 222 Å². The average Bonchev–Trinajstić information content (AvgIpc) is 3.18. The van der Waals surface area contributed by atoms with Gasteiger partial charge in [-0.25, -0.2) is 9.79 Å². The maximum Gasteiger partial charge on any atom is 0.328 e. The lowest BCUT2D eigenvalue weighted by atomic mass is 10.0. The van der Waals surface area contributed by atoms with Crippen LogP contribution in [0.15, 0.2) is 57.0 Å².